The van der Waals surface area contributed by atoms with E-state index in [1.165, 1.54) is 31.4 Å². The van der Waals surface area contributed by atoms with Crippen LogP contribution in [0.1, 0.15) is 35.3 Å². The first-order valence-corrected chi connectivity index (χ1v) is 8.10. The van der Waals surface area contributed by atoms with E-state index in [9.17, 15) is 20.1 Å². The van der Waals surface area contributed by atoms with Gasteiger partial charge >= 0.3 is 0 Å². The Bertz CT molecular complexity index is 857. The molecule has 0 aliphatic heterocycles. The van der Waals surface area contributed by atoms with Crippen LogP contribution in [0.2, 0.25) is 0 Å². The normalized spacial score (nSPS) is 10.7. The van der Waals surface area contributed by atoms with Crippen molar-refractivity contribution in [1.82, 2.24) is 0 Å². The lowest BCUT2D eigenvalue weighted by molar-refractivity contribution is 0.104. The van der Waals surface area contributed by atoms with Gasteiger partial charge in [0.2, 0.25) is 0 Å². The molecule has 0 saturated heterocycles. The summed E-state index contributed by atoms with van der Waals surface area (Å²) >= 11 is 0. The number of carbonyl (C=O) groups is 1. The van der Waals surface area contributed by atoms with E-state index in [4.69, 9.17) is 4.74 Å². The highest BCUT2D eigenvalue weighted by Gasteiger charge is 2.21. The minimum Gasteiger partial charge on any atom is -0.508 e. The van der Waals surface area contributed by atoms with Gasteiger partial charge in [-0.1, -0.05) is 29.9 Å². The van der Waals surface area contributed by atoms with Crippen LogP contribution in [-0.4, -0.2) is 28.2 Å². The first kappa shape index (κ1) is 19.1. The summed E-state index contributed by atoms with van der Waals surface area (Å²) in [7, 11) is 1.44. The van der Waals surface area contributed by atoms with Crippen molar-refractivity contribution < 1.29 is 24.9 Å². The van der Waals surface area contributed by atoms with Gasteiger partial charge < -0.3 is 20.1 Å². The molecule has 3 N–H and O–H groups in total. The number of ether oxygens (including phenoxy) is 1. The van der Waals surface area contributed by atoms with Crippen molar-refractivity contribution >= 4 is 11.9 Å². The summed E-state index contributed by atoms with van der Waals surface area (Å²) in [5, 5.41) is 30.0. The number of aromatic hydroxyl groups is 3. The molecule has 0 aliphatic carbocycles. The van der Waals surface area contributed by atoms with Gasteiger partial charge in [0.25, 0.3) is 0 Å². The number of benzene rings is 2. The second-order valence-electron chi connectivity index (χ2n) is 6.07. The monoisotopic (exact) mass is 354 g/mol. The maximum Gasteiger partial charge on any atom is 0.193 e. The van der Waals surface area contributed by atoms with Gasteiger partial charge in [-0.2, -0.15) is 0 Å². The van der Waals surface area contributed by atoms with Crippen molar-refractivity contribution in [1.29, 1.82) is 0 Å². The lowest BCUT2D eigenvalue weighted by Crippen LogP contribution is -2.01. The first-order chi connectivity index (χ1) is 12.3. The average molecular weight is 354 g/mol. The number of rotatable bonds is 6. The van der Waals surface area contributed by atoms with Crippen molar-refractivity contribution in [2.45, 2.75) is 20.3 Å². The van der Waals surface area contributed by atoms with E-state index in [1.807, 2.05) is 19.9 Å². The Morgan fingerprint density at radius 3 is 2.35 bits per heavy atom. The predicted octanol–water partition coefficient (Wildman–Crippen LogP) is 4.22. The maximum atomic E-state index is 12.5. The molecule has 0 saturated carbocycles. The van der Waals surface area contributed by atoms with Crippen molar-refractivity contribution in [2.24, 2.45) is 0 Å². The minimum absolute atomic E-state index is 0.128. The van der Waals surface area contributed by atoms with E-state index < -0.39 is 5.78 Å². The van der Waals surface area contributed by atoms with Crippen LogP contribution in [0.5, 0.6) is 23.0 Å². The third-order valence-corrected chi connectivity index (χ3v) is 3.85. The number of allylic oxidation sites excluding steroid dienone is 3. The van der Waals surface area contributed by atoms with Crippen molar-refractivity contribution in [3.05, 3.63) is 64.7 Å². The van der Waals surface area contributed by atoms with Gasteiger partial charge in [-0.15, -0.1) is 0 Å². The maximum absolute atomic E-state index is 12.5. The quantitative estimate of drug-likeness (QED) is 0.411. The molecule has 0 radical (unpaired) electrons. The molecule has 0 unspecified atom stereocenters. The predicted molar refractivity (Wildman–Crippen MR) is 101 cm³/mol. The topological polar surface area (TPSA) is 87.0 Å². The number of carbonyl (C=O) groups excluding carboxylic acids is 1. The van der Waals surface area contributed by atoms with Gasteiger partial charge in [0.15, 0.2) is 5.78 Å². The van der Waals surface area contributed by atoms with Gasteiger partial charge in [0.05, 0.1) is 7.11 Å². The van der Waals surface area contributed by atoms with E-state index >= 15 is 0 Å². The Balaban J connectivity index is 2.41. The van der Waals surface area contributed by atoms with Crippen LogP contribution in [0.15, 0.2) is 48.1 Å². The molecule has 0 atom stereocenters. The van der Waals surface area contributed by atoms with Gasteiger partial charge in [0, 0.05) is 11.6 Å². The molecule has 0 aliphatic rings. The summed E-state index contributed by atoms with van der Waals surface area (Å²) in [6, 6.07) is 7.63. The van der Waals surface area contributed by atoms with E-state index in [-0.39, 0.29) is 22.8 Å². The summed E-state index contributed by atoms with van der Waals surface area (Å²) in [4.78, 5) is 12.5. The van der Waals surface area contributed by atoms with Crippen LogP contribution in [0, 0.1) is 0 Å². The van der Waals surface area contributed by atoms with Gasteiger partial charge in [-0.05, 0) is 44.0 Å². The molecule has 0 heterocycles. The molecule has 5 nitrogen and oxygen atoms in total. The fourth-order valence-corrected chi connectivity index (χ4v) is 2.44. The van der Waals surface area contributed by atoms with Crippen molar-refractivity contribution in [3.8, 4) is 23.0 Å². The summed E-state index contributed by atoms with van der Waals surface area (Å²) in [5.41, 5.74) is 2.03. The largest absolute Gasteiger partial charge is 0.508 e. The zero-order valence-corrected chi connectivity index (χ0v) is 15.0. The fourth-order valence-electron chi connectivity index (χ4n) is 2.44. The zero-order valence-electron chi connectivity index (χ0n) is 15.0. The van der Waals surface area contributed by atoms with Crippen molar-refractivity contribution in [2.75, 3.05) is 7.11 Å². The SMILES string of the molecule is COc1cc(O)c(C(=O)/C=C/c2ccc(O)cc2)c(O)c1CC=C(C)C. The Morgan fingerprint density at radius 1 is 1.12 bits per heavy atom. The molecule has 136 valence electrons. The average Bonchev–Trinajstić information content (AvgIpc) is 2.59. The summed E-state index contributed by atoms with van der Waals surface area (Å²) in [5.74, 6) is -0.728. The zero-order chi connectivity index (χ0) is 19.3. The molecule has 0 fully saturated rings. The highest BCUT2D eigenvalue weighted by Crippen LogP contribution is 2.39. The molecule has 0 bridgehead atoms. The Kier molecular flexibility index (Phi) is 6.07. The number of hydrogen-bond acceptors (Lipinski definition) is 5. The Labute approximate surface area is 152 Å². The van der Waals surface area contributed by atoms with Crippen LogP contribution >= 0.6 is 0 Å². The van der Waals surface area contributed by atoms with E-state index in [1.54, 1.807) is 18.2 Å². The lowest BCUT2D eigenvalue weighted by Gasteiger charge is -2.13. The molecular weight excluding hydrogens is 332 g/mol. The molecule has 2 aromatic carbocycles. The summed E-state index contributed by atoms with van der Waals surface area (Å²) in [6.45, 7) is 3.85. The number of methoxy groups -OCH3 is 1. The Morgan fingerprint density at radius 2 is 1.77 bits per heavy atom. The molecule has 2 aromatic rings. The van der Waals surface area contributed by atoms with Gasteiger partial charge in [0.1, 0.15) is 28.6 Å². The molecule has 0 amide bonds. The number of phenols is 3. The number of hydrogen-bond donors (Lipinski definition) is 3. The van der Waals surface area contributed by atoms with Crippen LogP contribution in [0.25, 0.3) is 6.08 Å². The fraction of sp³-hybridized carbons (Fsp3) is 0.190. The second-order valence-corrected chi connectivity index (χ2v) is 6.07. The molecule has 26 heavy (non-hydrogen) atoms. The third-order valence-electron chi connectivity index (χ3n) is 3.85. The smallest absolute Gasteiger partial charge is 0.193 e. The van der Waals surface area contributed by atoms with Gasteiger partial charge in [-0.3, -0.25) is 4.79 Å². The van der Waals surface area contributed by atoms with E-state index in [2.05, 4.69) is 0 Å². The standard InChI is InChI=1S/C21H22O5/c1-13(2)4-10-16-19(26-3)12-18(24)20(21(16)25)17(23)11-7-14-5-8-15(22)9-6-14/h4-9,11-12,22,24-25H,10H2,1-3H3/b11-7+. The van der Waals surface area contributed by atoms with Crippen LogP contribution in [-0.2, 0) is 6.42 Å². The third kappa shape index (κ3) is 4.45. The lowest BCUT2D eigenvalue weighted by atomic mass is 9.99. The number of ketones is 1. The molecule has 5 heteroatoms. The highest BCUT2D eigenvalue weighted by molar-refractivity contribution is 6.10. The minimum atomic E-state index is -0.533. The molecule has 0 spiro atoms. The second kappa shape index (κ2) is 8.25. The summed E-state index contributed by atoms with van der Waals surface area (Å²) < 4.78 is 5.21. The van der Waals surface area contributed by atoms with Crippen LogP contribution in [0.3, 0.4) is 0 Å². The highest BCUT2D eigenvalue weighted by atomic mass is 16.5. The van der Waals surface area contributed by atoms with Crippen LogP contribution in [0.4, 0.5) is 0 Å². The number of phenolic OH excluding ortho intramolecular Hbond substituents is 3. The van der Waals surface area contributed by atoms with Crippen LogP contribution < -0.4 is 4.74 Å². The molecule has 2 rings (SSSR count). The summed E-state index contributed by atoms with van der Waals surface area (Å²) in [6.07, 6.45) is 5.08. The van der Waals surface area contributed by atoms with Crippen molar-refractivity contribution in [3.63, 3.8) is 0 Å². The molecule has 0 aromatic heterocycles. The first-order valence-electron chi connectivity index (χ1n) is 8.10. The molecular formula is C21H22O5. The van der Waals surface area contributed by atoms with E-state index in [0.717, 1.165) is 5.57 Å². The van der Waals surface area contributed by atoms with E-state index in [0.29, 0.717) is 23.3 Å². The Hall–Kier alpha value is -3.21. The van der Waals surface area contributed by atoms with Gasteiger partial charge in [-0.25, -0.2) is 0 Å².